The summed E-state index contributed by atoms with van der Waals surface area (Å²) in [6.07, 6.45) is 1.59. The Bertz CT molecular complexity index is 1080. The first-order chi connectivity index (χ1) is 13.7. The molecular weight excluding hydrogens is 400 g/mol. The minimum Gasteiger partial charge on any atom is -0.481 e. The van der Waals surface area contributed by atoms with Gasteiger partial charge in [0, 0.05) is 17.2 Å². The second kappa shape index (κ2) is 7.95. The summed E-state index contributed by atoms with van der Waals surface area (Å²) in [4.78, 5) is 38.9. The first-order valence-corrected chi connectivity index (χ1v) is 9.60. The van der Waals surface area contributed by atoms with Gasteiger partial charge >= 0.3 is 11.9 Å². The van der Waals surface area contributed by atoms with Gasteiger partial charge in [0.1, 0.15) is 5.51 Å². The molecule has 152 valence electrons. The van der Waals surface area contributed by atoms with Crippen molar-refractivity contribution in [1.82, 2.24) is 14.6 Å². The number of benzene rings is 1. The highest BCUT2D eigenvalue weighted by molar-refractivity contribution is 7.14. The van der Waals surface area contributed by atoms with Crippen molar-refractivity contribution in [2.45, 2.75) is 26.7 Å². The summed E-state index contributed by atoms with van der Waals surface area (Å²) in [6.45, 7) is 2.96. The molecule has 2 unspecified atom stereocenters. The lowest BCUT2D eigenvalue weighted by Gasteiger charge is -2.16. The van der Waals surface area contributed by atoms with Gasteiger partial charge in [-0.05, 0) is 24.5 Å². The number of aliphatic carboxylic acids is 2. The van der Waals surface area contributed by atoms with Gasteiger partial charge < -0.3 is 10.2 Å². The summed E-state index contributed by atoms with van der Waals surface area (Å²) in [5.74, 6) is -3.78. The Hall–Kier alpha value is -3.34. The van der Waals surface area contributed by atoms with Crippen LogP contribution in [0.2, 0.25) is 0 Å². The topological polar surface area (TPSA) is 148 Å². The molecule has 1 aromatic carbocycles. The number of carboxylic acids is 2. The fourth-order valence-electron chi connectivity index (χ4n) is 3.03. The zero-order chi connectivity index (χ0) is 21.3. The summed E-state index contributed by atoms with van der Waals surface area (Å²) in [5.41, 5.74) is 2.96. The Balaban J connectivity index is 2.16. The first kappa shape index (κ1) is 20.4. The zero-order valence-corrected chi connectivity index (χ0v) is 16.4. The molecule has 29 heavy (non-hydrogen) atoms. The van der Waals surface area contributed by atoms with Crippen molar-refractivity contribution in [2.24, 2.45) is 11.8 Å². The van der Waals surface area contributed by atoms with Crippen molar-refractivity contribution in [3.63, 3.8) is 0 Å². The summed E-state index contributed by atoms with van der Waals surface area (Å²) in [6, 6.07) is 3.01. The third-order valence-electron chi connectivity index (χ3n) is 4.68. The van der Waals surface area contributed by atoms with Crippen LogP contribution >= 0.6 is 11.3 Å². The van der Waals surface area contributed by atoms with Gasteiger partial charge in [-0.3, -0.25) is 19.7 Å². The van der Waals surface area contributed by atoms with Gasteiger partial charge in [0.25, 0.3) is 5.69 Å². The van der Waals surface area contributed by atoms with Crippen molar-refractivity contribution < 1.29 is 24.7 Å². The van der Waals surface area contributed by atoms with Crippen LogP contribution < -0.4 is 0 Å². The van der Waals surface area contributed by atoms with E-state index in [9.17, 15) is 29.9 Å². The quantitative estimate of drug-likeness (QED) is 0.419. The van der Waals surface area contributed by atoms with Crippen LogP contribution in [0.5, 0.6) is 0 Å². The molecule has 0 saturated heterocycles. The van der Waals surface area contributed by atoms with E-state index in [0.717, 1.165) is 0 Å². The van der Waals surface area contributed by atoms with Crippen LogP contribution in [-0.2, 0) is 22.4 Å². The standard InChI is InChI=1S/C18H18N4O6S/c1-9(16(23)24)3-11-5-12(14-7-21-18(20-14)29-8-19-21)6-15(22(27)28)13(11)4-10(2)17(25)26/h5-10H,3-4H2,1-2H3,(H,23,24)(H,25,26). The molecule has 2 atom stereocenters. The lowest BCUT2D eigenvalue weighted by molar-refractivity contribution is -0.385. The third-order valence-corrected chi connectivity index (χ3v) is 5.37. The molecule has 3 aromatic rings. The summed E-state index contributed by atoms with van der Waals surface area (Å²) < 4.78 is 1.55. The van der Waals surface area contributed by atoms with Gasteiger partial charge in [0.15, 0.2) is 0 Å². The number of hydrogen-bond acceptors (Lipinski definition) is 7. The molecule has 0 aliphatic carbocycles. The second-order valence-electron chi connectivity index (χ2n) is 6.87. The van der Waals surface area contributed by atoms with Gasteiger partial charge in [0.2, 0.25) is 4.96 Å². The van der Waals surface area contributed by atoms with Crippen molar-refractivity contribution in [3.8, 4) is 11.3 Å². The minimum atomic E-state index is -1.08. The lowest BCUT2D eigenvalue weighted by Crippen LogP contribution is -2.18. The van der Waals surface area contributed by atoms with Gasteiger partial charge in [0.05, 0.1) is 28.6 Å². The fraction of sp³-hybridized carbons (Fsp3) is 0.333. The number of carbonyl (C=O) groups is 2. The predicted octanol–water partition coefficient (Wildman–Crippen LogP) is 2.89. The number of imidazole rings is 1. The fourth-order valence-corrected chi connectivity index (χ4v) is 3.63. The molecule has 2 N–H and O–H groups in total. The van der Waals surface area contributed by atoms with E-state index in [0.29, 0.717) is 21.8 Å². The average molecular weight is 418 g/mol. The van der Waals surface area contributed by atoms with E-state index in [1.165, 1.54) is 31.3 Å². The Morgan fingerprint density at radius 2 is 1.86 bits per heavy atom. The smallest absolute Gasteiger partial charge is 0.306 e. The van der Waals surface area contributed by atoms with Crippen molar-refractivity contribution in [3.05, 3.63) is 45.1 Å². The van der Waals surface area contributed by atoms with Crippen molar-refractivity contribution in [1.29, 1.82) is 0 Å². The molecule has 2 aromatic heterocycles. The van der Waals surface area contributed by atoms with E-state index in [4.69, 9.17) is 0 Å². The number of nitrogens with zero attached hydrogens (tertiary/aromatic N) is 4. The van der Waals surface area contributed by atoms with Gasteiger partial charge in [-0.25, -0.2) is 9.50 Å². The van der Waals surface area contributed by atoms with Crippen molar-refractivity contribution in [2.75, 3.05) is 0 Å². The summed E-state index contributed by atoms with van der Waals surface area (Å²) in [7, 11) is 0. The van der Waals surface area contributed by atoms with Gasteiger partial charge in [-0.15, -0.1) is 0 Å². The number of aromatic nitrogens is 3. The minimum absolute atomic E-state index is 0.0339. The van der Waals surface area contributed by atoms with Gasteiger partial charge in [-0.1, -0.05) is 25.2 Å². The molecule has 0 bridgehead atoms. The summed E-state index contributed by atoms with van der Waals surface area (Å²) in [5, 5.41) is 34.4. The summed E-state index contributed by atoms with van der Waals surface area (Å²) >= 11 is 1.31. The number of rotatable bonds is 8. The number of fused-ring (bicyclic) bond motifs is 1. The van der Waals surface area contributed by atoms with Crippen LogP contribution in [0.1, 0.15) is 25.0 Å². The molecule has 10 nitrogen and oxygen atoms in total. The van der Waals surface area contributed by atoms with E-state index in [2.05, 4.69) is 10.1 Å². The van der Waals surface area contributed by atoms with E-state index >= 15 is 0 Å². The maximum absolute atomic E-state index is 11.8. The number of nitro groups is 1. The molecule has 0 radical (unpaired) electrons. The Morgan fingerprint density at radius 3 is 2.45 bits per heavy atom. The van der Waals surface area contributed by atoms with E-state index in [-0.39, 0.29) is 24.1 Å². The van der Waals surface area contributed by atoms with Crippen LogP contribution in [-0.4, -0.2) is 41.7 Å². The van der Waals surface area contributed by atoms with Crippen LogP contribution in [0.4, 0.5) is 5.69 Å². The van der Waals surface area contributed by atoms with Crippen LogP contribution in [0.15, 0.2) is 23.8 Å². The molecule has 0 aliphatic rings. The molecule has 0 aliphatic heterocycles. The molecule has 0 spiro atoms. The molecule has 11 heteroatoms. The van der Waals surface area contributed by atoms with Crippen molar-refractivity contribution >= 4 is 33.9 Å². The Morgan fingerprint density at radius 1 is 1.21 bits per heavy atom. The maximum atomic E-state index is 11.8. The molecule has 2 heterocycles. The van der Waals surface area contributed by atoms with Crippen LogP contribution in [0.3, 0.4) is 0 Å². The monoisotopic (exact) mass is 418 g/mol. The zero-order valence-electron chi connectivity index (χ0n) is 15.6. The highest BCUT2D eigenvalue weighted by atomic mass is 32.1. The molecule has 0 fully saturated rings. The van der Waals surface area contributed by atoms with E-state index in [1.54, 1.807) is 22.3 Å². The molecule has 0 saturated carbocycles. The van der Waals surface area contributed by atoms with E-state index < -0.39 is 28.7 Å². The SMILES string of the molecule is CC(Cc1cc(-c2cn3ncsc3n2)cc([N+](=O)[O-])c1CC(C)C(=O)O)C(=O)O. The molecule has 0 amide bonds. The van der Waals surface area contributed by atoms with E-state index in [1.807, 2.05) is 0 Å². The number of carboxylic acid groups (broad SMARTS) is 2. The third kappa shape index (κ3) is 4.24. The highest BCUT2D eigenvalue weighted by Gasteiger charge is 2.26. The highest BCUT2D eigenvalue weighted by Crippen LogP contribution is 2.33. The Labute approximate surface area is 168 Å². The van der Waals surface area contributed by atoms with Gasteiger partial charge in [-0.2, -0.15) is 5.10 Å². The average Bonchev–Trinajstić information content (AvgIpc) is 3.24. The largest absolute Gasteiger partial charge is 0.481 e. The van der Waals surface area contributed by atoms with Crippen LogP contribution in [0.25, 0.3) is 16.2 Å². The molecule has 3 rings (SSSR count). The maximum Gasteiger partial charge on any atom is 0.306 e. The second-order valence-corrected chi connectivity index (χ2v) is 7.68. The Kier molecular flexibility index (Phi) is 5.59. The first-order valence-electron chi connectivity index (χ1n) is 8.72. The number of hydrogen-bond donors (Lipinski definition) is 2. The number of nitro benzene ring substituents is 1. The molecular formula is C18H18N4O6S. The predicted molar refractivity (Wildman–Crippen MR) is 104 cm³/mol. The van der Waals surface area contributed by atoms with Crippen LogP contribution in [0, 0.1) is 22.0 Å². The lowest BCUT2D eigenvalue weighted by atomic mass is 9.88. The normalized spacial score (nSPS) is 13.3.